The van der Waals surface area contributed by atoms with Gasteiger partial charge < -0.3 is 14.7 Å². The van der Waals surface area contributed by atoms with Crippen LogP contribution in [0.15, 0.2) is 0 Å². The van der Waals surface area contributed by atoms with Crippen molar-refractivity contribution in [1.82, 2.24) is 0 Å². The maximum absolute atomic E-state index is 8.88. The summed E-state index contributed by atoms with van der Waals surface area (Å²) in [6.45, 7) is 0. The Morgan fingerprint density at radius 3 is 1.00 bits per heavy atom. The van der Waals surface area contributed by atoms with Gasteiger partial charge in [0.15, 0.2) is 0 Å². The van der Waals surface area contributed by atoms with Crippen molar-refractivity contribution in [2.45, 2.75) is 0 Å². The quantitative estimate of drug-likeness (QED) is 0.298. The minimum atomic E-state index is -4.64. The maximum Gasteiger partial charge on any atom is 0.466 e. The van der Waals surface area contributed by atoms with Crippen LogP contribution in [-0.2, 0) is 4.57 Å². The van der Waals surface area contributed by atoms with Crippen molar-refractivity contribution in [2.75, 3.05) is 0 Å². The van der Waals surface area contributed by atoms with Crippen LogP contribution in [0.25, 0.3) is 0 Å². The molecule has 0 bridgehead atoms. The van der Waals surface area contributed by atoms with Gasteiger partial charge in [-0.1, -0.05) is 0 Å². The van der Waals surface area contributed by atoms with Crippen LogP contribution in [0.3, 0.4) is 0 Å². The predicted octanol–water partition coefficient (Wildman–Crippen LogP) is -2.07. The summed E-state index contributed by atoms with van der Waals surface area (Å²) in [5.74, 6) is 0. The Hall–Kier alpha value is 3.75. The molecule has 0 fully saturated rings. The van der Waals surface area contributed by atoms with E-state index in [-0.39, 0.29) is 110 Å². The van der Waals surface area contributed by atoms with Gasteiger partial charge >= 0.3 is 7.82 Å². The first kappa shape index (κ1) is 22.6. The van der Waals surface area contributed by atoms with Crippen molar-refractivity contribution in [2.24, 2.45) is 0 Å². The average Bonchev–Trinajstić information content (AvgIpc) is 0.722. The Bertz CT molecular complexity index is 60.2. The van der Waals surface area contributed by atoms with E-state index < -0.39 is 7.82 Å². The van der Waals surface area contributed by atoms with Gasteiger partial charge in [-0.05, 0) is 0 Å². The van der Waals surface area contributed by atoms with Gasteiger partial charge in [0.25, 0.3) is 0 Å². The summed E-state index contributed by atoms with van der Waals surface area (Å²) in [6, 6.07) is 0. The monoisotopic (exact) mass is 183 g/mol. The summed E-state index contributed by atoms with van der Waals surface area (Å²) >= 11 is 0. The van der Waals surface area contributed by atoms with E-state index in [2.05, 4.69) is 0 Å². The van der Waals surface area contributed by atoms with E-state index in [0.29, 0.717) is 0 Å². The van der Waals surface area contributed by atoms with Crippen LogP contribution in [0.4, 0.5) is 0 Å². The van der Waals surface area contributed by atoms with E-state index in [0.717, 1.165) is 0 Å². The van der Waals surface area contributed by atoms with Crippen molar-refractivity contribution in [3.8, 4) is 0 Å². The third kappa shape index (κ3) is 53.1. The molecule has 8 heavy (non-hydrogen) atoms. The van der Waals surface area contributed by atoms with Crippen LogP contribution in [0.2, 0.25) is 0 Å². The van der Waals surface area contributed by atoms with Crippen LogP contribution in [0, 0.1) is 0 Å². The van der Waals surface area contributed by atoms with Gasteiger partial charge in [-0.3, -0.25) is 0 Å². The molecule has 0 aromatic rings. The van der Waals surface area contributed by atoms with Crippen LogP contribution in [-0.4, -0.2) is 125 Å². The van der Waals surface area contributed by atoms with Gasteiger partial charge in [0, 0.05) is 110 Å². The van der Waals surface area contributed by atoms with Gasteiger partial charge in [-0.2, -0.15) is 0 Å². The van der Waals surface area contributed by atoms with E-state index in [4.69, 9.17) is 19.2 Å². The van der Waals surface area contributed by atoms with E-state index in [1.807, 2.05) is 0 Å². The molecule has 0 aliphatic heterocycles. The zero-order chi connectivity index (χ0) is 4.50. The minimum absolute atomic E-state index is 0. The molecule has 35 valence electrons. The number of hydrogen-bond acceptors (Lipinski definition) is 1. The van der Waals surface area contributed by atoms with Crippen molar-refractivity contribution in [1.29, 1.82) is 0 Å². The zero-order valence-electron chi connectivity index (χ0n) is 5.20. The normalized spacial score (nSPS) is 7.38. The van der Waals surface area contributed by atoms with E-state index in [9.17, 15) is 0 Å². The third-order valence-corrected chi connectivity index (χ3v) is 0. The molecule has 0 aliphatic carbocycles. The maximum atomic E-state index is 8.88. The molecule has 0 spiro atoms. The molecule has 0 rings (SSSR count). The minimum Gasteiger partial charge on any atom is -0.303 e. The Kier molecular flexibility index (Phi) is 30.4. The number of hydrogen-bond donors (Lipinski definition) is 3. The summed E-state index contributed by atoms with van der Waals surface area (Å²) in [4.78, 5) is 21.6. The Morgan fingerprint density at radius 1 is 1.00 bits per heavy atom. The zero-order valence-corrected chi connectivity index (χ0v) is 13.2. The molecule has 0 aromatic carbocycles. The fourth-order valence-electron chi connectivity index (χ4n) is 0. The molecule has 0 heterocycles. The number of rotatable bonds is 0. The fraction of sp³-hybridized carbons (Fsp3) is 0. The molecular formula is H3KNa2O4P. The second-order valence-electron chi connectivity index (χ2n) is 0.513. The van der Waals surface area contributed by atoms with Gasteiger partial charge in [0.2, 0.25) is 0 Å². The molecule has 0 saturated heterocycles. The van der Waals surface area contributed by atoms with Gasteiger partial charge in [0.05, 0.1) is 0 Å². The standard InChI is InChI=1S/K.2Na.H3O4P/c;;;1-5(2,3)4/h;;;(H3,1,2,3,4). The first-order valence-electron chi connectivity index (χ1n) is 0.783. The second kappa shape index (κ2) is 10.7. The Morgan fingerprint density at radius 2 is 1.00 bits per heavy atom. The van der Waals surface area contributed by atoms with Crippen LogP contribution >= 0.6 is 7.82 Å². The van der Waals surface area contributed by atoms with E-state index in [1.165, 1.54) is 0 Å². The molecule has 4 nitrogen and oxygen atoms in total. The smallest absolute Gasteiger partial charge is 0.303 e. The average molecular weight is 183 g/mol. The summed E-state index contributed by atoms with van der Waals surface area (Å²) in [5.41, 5.74) is 0. The molecule has 3 radical (unpaired) electrons. The molecule has 0 unspecified atom stereocenters. The van der Waals surface area contributed by atoms with Crippen LogP contribution in [0.5, 0.6) is 0 Å². The van der Waals surface area contributed by atoms with Crippen molar-refractivity contribution >= 4 is 118 Å². The van der Waals surface area contributed by atoms with Gasteiger partial charge in [-0.25, -0.2) is 4.57 Å². The van der Waals surface area contributed by atoms with Gasteiger partial charge in [-0.15, -0.1) is 0 Å². The molecular weight excluding hydrogens is 180 g/mol. The Labute approximate surface area is 134 Å². The molecule has 8 heteroatoms. The number of phosphoric acid groups is 1. The van der Waals surface area contributed by atoms with Crippen LogP contribution < -0.4 is 0 Å². The summed E-state index contributed by atoms with van der Waals surface area (Å²) < 4.78 is 8.88. The summed E-state index contributed by atoms with van der Waals surface area (Å²) in [7, 11) is -4.64. The largest absolute Gasteiger partial charge is 0.466 e. The van der Waals surface area contributed by atoms with Gasteiger partial charge in [0.1, 0.15) is 0 Å². The van der Waals surface area contributed by atoms with E-state index >= 15 is 0 Å². The third-order valence-electron chi connectivity index (χ3n) is 0. The van der Waals surface area contributed by atoms with Crippen LogP contribution in [0.1, 0.15) is 0 Å². The summed E-state index contributed by atoms with van der Waals surface area (Å²) in [6.07, 6.45) is 0. The second-order valence-corrected chi connectivity index (χ2v) is 1.54. The molecule has 0 amide bonds. The predicted molar refractivity (Wildman–Crippen MR) is 31.5 cm³/mol. The SMILES string of the molecule is O=P(O)(O)O.[K].[Na].[Na]. The Balaban J connectivity index is -0.0000000267. The summed E-state index contributed by atoms with van der Waals surface area (Å²) in [5, 5.41) is 0. The van der Waals surface area contributed by atoms with Crippen molar-refractivity contribution < 1.29 is 19.2 Å². The molecule has 0 saturated carbocycles. The molecule has 0 aromatic heterocycles. The molecule has 3 N–H and O–H groups in total. The van der Waals surface area contributed by atoms with E-state index in [1.54, 1.807) is 0 Å². The van der Waals surface area contributed by atoms with Crippen molar-refractivity contribution in [3.05, 3.63) is 0 Å². The van der Waals surface area contributed by atoms with Crippen molar-refractivity contribution in [3.63, 3.8) is 0 Å². The molecule has 0 aliphatic rings. The first-order valence-corrected chi connectivity index (χ1v) is 2.35. The first-order chi connectivity index (χ1) is 2.00. The fourth-order valence-corrected chi connectivity index (χ4v) is 0. The topological polar surface area (TPSA) is 77.8 Å². The molecule has 0 atom stereocenters.